The number of hydrogen-bond acceptors (Lipinski definition) is 3. The summed E-state index contributed by atoms with van der Waals surface area (Å²) in [4.78, 5) is 14.3. The Morgan fingerprint density at radius 3 is 3.00 bits per heavy atom. The molecule has 1 unspecified atom stereocenters. The van der Waals surface area contributed by atoms with E-state index in [1.54, 1.807) is 0 Å². The Morgan fingerprint density at radius 2 is 2.22 bits per heavy atom. The summed E-state index contributed by atoms with van der Waals surface area (Å²) in [6.45, 7) is 1.78. The lowest BCUT2D eigenvalue weighted by atomic mass is 10.1. The van der Waals surface area contributed by atoms with Crippen molar-refractivity contribution in [2.45, 2.75) is 18.9 Å². The molecule has 0 radical (unpaired) electrons. The van der Waals surface area contributed by atoms with Crippen molar-refractivity contribution in [2.75, 3.05) is 32.5 Å². The molecule has 0 aliphatic carbocycles. The Labute approximate surface area is 108 Å². The first-order chi connectivity index (χ1) is 8.72. The number of amides is 1. The van der Waals surface area contributed by atoms with Crippen molar-refractivity contribution in [1.29, 1.82) is 0 Å². The van der Waals surface area contributed by atoms with Gasteiger partial charge >= 0.3 is 0 Å². The summed E-state index contributed by atoms with van der Waals surface area (Å²) in [5, 5.41) is 6.14. The Balaban J connectivity index is 2.07. The van der Waals surface area contributed by atoms with Crippen LogP contribution in [-0.4, -0.2) is 44.0 Å². The molecule has 2 rings (SSSR count). The van der Waals surface area contributed by atoms with Crippen molar-refractivity contribution >= 4 is 11.6 Å². The molecule has 18 heavy (non-hydrogen) atoms. The van der Waals surface area contributed by atoms with E-state index in [0.717, 1.165) is 31.6 Å². The highest BCUT2D eigenvalue weighted by Gasteiger charge is 2.26. The zero-order valence-corrected chi connectivity index (χ0v) is 11.1. The van der Waals surface area contributed by atoms with Crippen LogP contribution in [0.25, 0.3) is 0 Å². The number of benzene rings is 1. The van der Waals surface area contributed by atoms with Crippen molar-refractivity contribution in [3.05, 3.63) is 29.8 Å². The van der Waals surface area contributed by atoms with Gasteiger partial charge < -0.3 is 10.6 Å². The molecular formula is C14H21N3O. The molecule has 1 aromatic carbocycles. The number of fused-ring (bicyclic) bond motifs is 1. The summed E-state index contributed by atoms with van der Waals surface area (Å²) in [5.74, 6) is 0.110. The average molecular weight is 247 g/mol. The molecule has 0 bridgehead atoms. The largest absolute Gasteiger partial charge is 0.324 e. The zero-order valence-electron chi connectivity index (χ0n) is 11.1. The normalized spacial score (nSPS) is 19.3. The standard InChI is InChI=1S/C14H21N3O/c1-15-9-10-17(2)13-8-7-11-5-3-4-6-12(11)16-14(13)18/h3-6,13,15H,7-10H2,1-2H3,(H,16,18). The van der Waals surface area contributed by atoms with Gasteiger partial charge in [0.15, 0.2) is 0 Å². The molecule has 98 valence electrons. The summed E-state index contributed by atoms with van der Waals surface area (Å²) in [7, 11) is 3.94. The second-order valence-electron chi connectivity index (χ2n) is 4.79. The lowest BCUT2D eigenvalue weighted by molar-refractivity contribution is -0.120. The van der Waals surface area contributed by atoms with Crippen LogP contribution in [0.1, 0.15) is 12.0 Å². The van der Waals surface area contributed by atoms with Crippen LogP contribution < -0.4 is 10.6 Å². The number of hydrogen-bond donors (Lipinski definition) is 2. The highest BCUT2D eigenvalue weighted by molar-refractivity contribution is 5.96. The first-order valence-electron chi connectivity index (χ1n) is 6.46. The van der Waals surface area contributed by atoms with Gasteiger partial charge in [-0.25, -0.2) is 0 Å². The minimum absolute atomic E-state index is 0.0363. The molecule has 0 spiro atoms. The fraction of sp³-hybridized carbons (Fsp3) is 0.500. The molecular weight excluding hydrogens is 226 g/mol. The van der Waals surface area contributed by atoms with Crippen LogP contribution >= 0.6 is 0 Å². The lowest BCUT2D eigenvalue weighted by Crippen LogP contribution is -2.43. The van der Waals surface area contributed by atoms with Crippen LogP contribution in [0.5, 0.6) is 0 Å². The summed E-state index contributed by atoms with van der Waals surface area (Å²) < 4.78 is 0. The van der Waals surface area contributed by atoms with Gasteiger partial charge in [0, 0.05) is 18.8 Å². The van der Waals surface area contributed by atoms with E-state index >= 15 is 0 Å². The third-order valence-electron chi connectivity index (χ3n) is 3.51. The maximum Gasteiger partial charge on any atom is 0.241 e. The number of nitrogens with one attached hydrogen (secondary N) is 2. The molecule has 0 saturated heterocycles. The van der Waals surface area contributed by atoms with Crippen LogP contribution in [-0.2, 0) is 11.2 Å². The summed E-state index contributed by atoms with van der Waals surface area (Å²) >= 11 is 0. The number of nitrogens with zero attached hydrogens (tertiary/aromatic N) is 1. The highest BCUT2D eigenvalue weighted by Crippen LogP contribution is 2.23. The molecule has 1 heterocycles. The van der Waals surface area contributed by atoms with E-state index in [2.05, 4.69) is 21.6 Å². The molecule has 1 aliphatic heterocycles. The topological polar surface area (TPSA) is 44.4 Å². The van der Waals surface area contributed by atoms with Crippen molar-refractivity contribution in [3.63, 3.8) is 0 Å². The summed E-state index contributed by atoms with van der Waals surface area (Å²) in [6.07, 6.45) is 1.83. The van der Waals surface area contributed by atoms with Crippen LogP contribution in [0.4, 0.5) is 5.69 Å². The number of anilines is 1. The van der Waals surface area contributed by atoms with E-state index in [4.69, 9.17) is 0 Å². The van der Waals surface area contributed by atoms with Crippen LogP contribution in [0.3, 0.4) is 0 Å². The maximum absolute atomic E-state index is 12.2. The minimum atomic E-state index is -0.0363. The highest BCUT2D eigenvalue weighted by atomic mass is 16.2. The van der Waals surface area contributed by atoms with Crippen molar-refractivity contribution in [3.8, 4) is 0 Å². The molecule has 0 fully saturated rings. The molecule has 4 nitrogen and oxygen atoms in total. The fourth-order valence-corrected chi connectivity index (χ4v) is 2.36. The van der Waals surface area contributed by atoms with Gasteiger partial charge in [0.25, 0.3) is 0 Å². The Hall–Kier alpha value is -1.39. The molecule has 1 aromatic rings. The van der Waals surface area contributed by atoms with Gasteiger partial charge in [0.2, 0.25) is 5.91 Å². The van der Waals surface area contributed by atoms with Crippen LogP contribution in [0, 0.1) is 0 Å². The van der Waals surface area contributed by atoms with Crippen molar-refractivity contribution in [2.24, 2.45) is 0 Å². The van der Waals surface area contributed by atoms with Gasteiger partial charge in [-0.2, -0.15) is 0 Å². The van der Waals surface area contributed by atoms with E-state index < -0.39 is 0 Å². The van der Waals surface area contributed by atoms with Gasteiger partial charge in [0.1, 0.15) is 0 Å². The smallest absolute Gasteiger partial charge is 0.241 e. The molecule has 2 N–H and O–H groups in total. The zero-order chi connectivity index (χ0) is 13.0. The third kappa shape index (κ3) is 2.89. The second kappa shape index (κ2) is 5.98. The van der Waals surface area contributed by atoms with E-state index in [1.165, 1.54) is 5.56 Å². The molecule has 1 atom stereocenters. The maximum atomic E-state index is 12.2. The summed E-state index contributed by atoms with van der Waals surface area (Å²) in [5.41, 5.74) is 2.20. The van der Waals surface area contributed by atoms with Crippen LogP contribution in [0.2, 0.25) is 0 Å². The second-order valence-corrected chi connectivity index (χ2v) is 4.79. The van der Waals surface area contributed by atoms with Gasteiger partial charge in [-0.05, 0) is 38.6 Å². The number of likely N-dealkylation sites (N-methyl/N-ethyl adjacent to an activating group) is 2. The number of para-hydroxylation sites is 1. The van der Waals surface area contributed by atoms with E-state index in [1.807, 2.05) is 32.3 Å². The fourth-order valence-electron chi connectivity index (χ4n) is 2.36. The lowest BCUT2D eigenvalue weighted by Gasteiger charge is -2.25. The minimum Gasteiger partial charge on any atom is -0.324 e. The number of carbonyl (C=O) groups excluding carboxylic acids is 1. The van der Waals surface area contributed by atoms with E-state index in [0.29, 0.717) is 0 Å². The quantitative estimate of drug-likeness (QED) is 0.837. The van der Waals surface area contributed by atoms with Gasteiger partial charge in [-0.3, -0.25) is 9.69 Å². The van der Waals surface area contributed by atoms with Gasteiger partial charge in [-0.15, -0.1) is 0 Å². The van der Waals surface area contributed by atoms with E-state index in [-0.39, 0.29) is 11.9 Å². The van der Waals surface area contributed by atoms with Gasteiger partial charge in [0.05, 0.1) is 6.04 Å². The Morgan fingerprint density at radius 1 is 1.44 bits per heavy atom. The van der Waals surface area contributed by atoms with E-state index in [9.17, 15) is 4.79 Å². The Bertz CT molecular complexity index is 419. The molecule has 0 saturated carbocycles. The third-order valence-corrected chi connectivity index (χ3v) is 3.51. The summed E-state index contributed by atoms with van der Waals surface area (Å²) in [6, 6.07) is 8.01. The molecule has 1 amide bonds. The van der Waals surface area contributed by atoms with Gasteiger partial charge in [-0.1, -0.05) is 18.2 Å². The first kappa shape index (κ1) is 13.1. The molecule has 4 heteroatoms. The predicted octanol–water partition coefficient (Wildman–Crippen LogP) is 1.09. The molecule has 0 aromatic heterocycles. The number of carbonyl (C=O) groups is 1. The van der Waals surface area contributed by atoms with Crippen LogP contribution in [0.15, 0.2) is 24.3 Å². The number of rotatable bonds is 4. The molecule has 1 aliphatic rings. The number of aryl methyl sites for hydroxylation is 1. The average Bonchev–Trinajstić information content (AvgIpc) is 2.54. The SMILES string of the molecule is CNCCN(C)C1CCc2ccccc2NC1=O. The van der Waals surface area contributed by atoms with Crippen molar-refractivity contribution < 1.29 is 4.79 Å². The first-order valence-corrected chi connectivity index (χ1v) is 6.46. The predicted molar refractivity (Wildman–Crippen MR) is 73.7 cm³/mol. The van der Waals surface area contributed by atoms with Crippen molar-refractivity contribution in [1.82, 2.24) is 10.2 Å². The monoisotopic (exact) mass is 247 g/mol. The Kier molecular flexibility index (Phi) is 4.33.